The van der Waals surface area contributed by atoms with Gasteiger partial charge in [-0.25, -0.2) is 0 Å². The maximum atomic E-state index is 12.0. The minimum atomic E-state index is -2.65. The first-order valence-electron chi connectivity index (χ1n) is 12.4. The molecule has 21 nitrogen and oxygen atoms in total. The molecule has 0 aromatic carbocycles. The van der Waals surface area contributed by atoms with Gasteiger partial charge in [0.25, 0.3) is 5.79 Å². The van der Waals surface area contributed by atoms with Gasteiger partial charge in [0, 0.05) is 4.91 Å². The molecule has 3 heterocycles. The molecule has 236 valence electrons. The first-order chi connectivity index (χ1) is 19.3. The van der Waals surface area contributed by atoms with Crippen LogP contribution in [0.1, 0.15) is 0 Å². The van der Waals surface area contributed by atoms with Crippen LogP contribution < -0.4 is 17.2 Å². The van der Waals surface area contributed by atoms with E-state index in [1.54, 1.807) is 0 Å². The van der Waals surface area contributed by atoms with Gasteiger partial charge in [0.2, 0.25) is 0 Å². The quantitative estimate of drug-likeness (QED) is 0.0479. The van der Waals surface area contributed by atoms with Crippen LogP contribution in [0.4, 0.5) is 0 Å². The third kappa shape index (κ3) is 6.87. The average molecular weight is 601 g/mol. The molecular weight excluding hydrogens is 564 g/mol. The van der Waals surface area contributed by atoms with Crippen molar-refractivity contribution in [3.05, 3.63) is 10.4 Å². The van der Waals surface area contributed by atoms with E-state index in [2.05, 4.69) is 10.0 Å². The molecule has 0 amide bonds. The van der Waals surface area contributed by atoms with Crippen molar-refractivity contribution in [3.8, 4) is 0 Å². The number of aliphatic hydroxyl groups excluding tert-OH is 8. The smallest absolute Gasteiger partial charge is 0.314 e. The van der Waals surface area contributed by atoms with Gasteiger partial charge in [-0.05, 0) is 5.53 Å². The Morgan fingerprint density at radius 1 is 0.854 bits per heavy atom. The van der Waals surface area contributed by atoms with Gasteiger partial charge in [0.05, 0.1) is 31.3 Å². The molecular formula is C20H36N6O15. The highest BCUT2D eigenvalue weighted by Crippen LogP contribution is 2.34. The topological polar surface area (TPSA) is 361 Å². The molecule has 3 rings (SSSR count). The molecule has 41 heavy (non-hydrogen) atoms. The first-order valence-corrected chi connectivity index (χ1v) is 12.4. The van der Waals surface area contributed by atoms with Crippen molar-refractivity contribution in [2.45, 2.75) is 91.6 Å². The maximum Gasteiger partial charge on any atom is 0.314 e. The third-order valence-electron chi connectivity index (χ3n) is 6.97. The van der Waals surface area contributed by atoms with Gasteiger partial charge >= 0.3 is 5.97 Å². The highest BCUT2D eigenvalue weighted by Gasteiger charge is 2.58. The monoisotopic (exact) mass is 600 g/mol. The van der Waals surface area contributed by atoms with E-state index < -0.39 is 124 Å². The van der Waals surface area contributed by atoms with Crippen LogP contribution in [0.25, 0.3) is 10.4 Å². The summed E-state index contributed by atoms with van der Waals surface area (Å²) in [4.78, 5) is 14.4. The number of carbonyl (C=O) groups excluding carboxylic acids is 1. The Balaban J connectivity index is 1.78. The lowest BCUT2D eigenvalue weighted by atomic mass is 9.93. The zero-order valence-electron chi connectivity index (χ0n) is 21.4. The first kappa shape index (κ1) is 33.6. The van der Waals surface area contributed by atoms with E-state index in [1.165, 1.54) is 0 Å². The predicted octanol–water partition coefficient (Wildman–Crippen LogP) is -7.49. The van der Waals surface area contributed by atoms with Crippen molar-refractivity contribution in [1.29, 1.82) is 0 Å². The van der Waals surface area contributed by atoms with Crippen LogP contribution >= 0.6 is 0 Å². The summed E-state index contributed by atoms with van der Waals surface area (Å²) < 4.78 is 32.4. The SMILES string of the molecule is [N-]=[N+]=NCC(=O)O[C@@]1(CO)O[C@H](OC2[C@@H](CO)O[C@@H](OC3[C@@H](CO)O[C@@H](O)[C@H](N)[C@H]3O)[C@H](N)[C@H]2O)[C@H](N)[C@@H](O)[C@@H]1O. The van der Waals surface area contributed by atoms with Crippen molar-refractivity contribution >= 4 is 5.97 Å². The van der Waals surface area contributed by atoms with Crippen LogP contribution in [0.3, 0.4) is 0 Å². The van der Waals surface area contributed by atoms with Gasteiger partial charge < -0.3 is 86.5 Å². The predicted molar refractivity (Wildman–Crippen MR) is 126 cm³/mol. The fourth-order valence-corrected chi connectivity index (χ4v) is 4.61. The summed E-state index contributed by atoms with van der Waals surface area (Å²) >= 11 is 0. The molecule has 21 heteroatoms. The molecule has 3 aliphatic rings. The van der Waals surface area contributed by atoms with E-state index in [0.29, 0.717) is 0 Å². The second-order valence-corrected chi connectivity index (χ2v) is 9.64. The van der Waals surface area contributed by atoms with Crippen LogP contribution in [0.2, 0.25) is 0 Å². The van der Waals surface area contributed by atoms with Crippen LogP contribution in [-0.2, 0) is 33.2 Å². The molecule has 2 unspecified atom stereocenters. The Kier molecular flexibility index (Phi) is 11.5. The number of nitrogens with zero attached hydrogens (tertiary/aromatic N) is 3. The second kappa shape index (κ2) is 14.1. The molecule has 14 N–H and O–H groups in total. The van der Waals surface area contributed by atoms with Crippen LogP contribution in [-0.4, -0.2) is 165 Å². The highest BCUT2D eigenvalue weighted by molar-refractivity contribution is 5.72. The molecule has 0 spiro atoms. The molecule has 3 saturated heterocycles. The molecule has 0 saturated carbocycles. The Bertz CT molecular complexity index is 930. The maximum absolute atomic E-state index is 12.0. The number of nitrogens with two attached hydrogens (primary N) is 3. The lowest BCUT2D eigenvalue weighted by Crippen LogP contribution is -2.72. The molecule has 15 atom stereocenters. The largest absolute Gasteiger partial charge is 0.427 e. The molecule has 0 aromatic rings. The molecule has 3 fully saturated rings. The number of hydrogen-bond donors (Lipinski definition) is 11. The molecule has 3 aliphatic heterocycles. The van der Waals surface area contributed by atoms with Gasteiger partial charge in [-0.15, -0.1) is 0 Å². The highest BCUT2D eigenvalue weighted by atomic mass is 16.8. The summed E-state index contributed by atoms with van der Waals surface area (Å²) in [5, 5.41) is 84.6. The number of ether oxygens (including phenoxy) is 6. The van der Waals surface area contributed by atoms with Crippen LogP contribution in [0, 0.1) is 0 Å². The van der Waals surface area contributed by atoms with Gasteiger partial charge in [-0.2, -0.15) is 0 Å². The summed E-state index contributed by atoms with van der Waals surface area (Å²) in [5.74, 6) is -3.90. The van der Waals surface area contributed by atoms with E-state index in [-0.39, 0.29) is 0 Å². The van der Waals surface area contributed by atoms with E-state index in [1.807, 2.05) is 0 Å². The number of carbonyl (C=O) groups is 1. The Morgan fingerprint density at radius 2 is 1.39 bits per heavy atom. The summed E-state index contributed by atoms with van der Waals surface area (Å²) in [6.07, 6.45) is -18.0. The van der Waals surface area contributed by atoms with Gasteiger partial charge in [-0.1, -0.05) is 5.11 Å². The lowest BCUT2D eigenvalue weighted by Gasteiger charge is -2.50. The summed E-state index contributed by atoms with van der Waals surface area (Å²) in [6, 6.07) is -4.39. The summed E-state index contributed by atoms with van der Waals surface area (Å²) in [6.45, 7) is -3.63. The zero-order chi connectivity index (χ0) is 30.6. The van der Waals surface area contributed by atoms with Crippen LogP contribution in [0.15, 0.2) is 5.11 Å². The fourth-order valence-electron chi connectivity index (χ4n) is 4.61. The minimum Gasteiger partial charge on any atom is -0.427 e. The summed E-state index contributed by atoms with van der Waals surface area (Å²) in [7, 11) is 0. The van der Waals surface area contributed by atoms with Gasteiger partial charge in [0.15, 0.2) is 18.9 Å². The Hall–Kier alpha value is -1.86. The second-order valence-electron chi connectivity index (χ2n) is 9.64. The van der Waals surface area contributed by atoms with Crippen molar-refractivity contribution in [3.63, 3.8) is 0 Å². The van der Waals surface area contributed by atoms with Crippen molar-refractivity contribution in [2.24, 2.45) is 22.3 Å². The van der Waals surface area contributed by atoms with Crippen molar-refractivity contribution < 1.29 is 74.1 Å². The molecule has 0 bridgehead atoms. The van der Waals surface area contributed by atoms with Gasteiger partial charge in [0.1, 0.15) is 62.0 Å². The Morgan fingerprint density at radius 3 is 1.95 bits per heavy atom. The minimum absolute atomic E-state index is 0.712. The van der Waals surface area contributed by atoms with E-state index in [0.717, 1.165) is 0 Å². The van der Waals surface area contributed by atoms with E-state index >= 15 is 0 Å². The molecule has 0 aliphatic carbocycles. The third-order valence-corrected chi connectivity index (χ3v) is 6.97. The number of aliphatic hydroxyl groups is 8. The number of esters is 1. The van der Waals surface area contributed by atoms with E-state index in [4.69, 9.17) is 51.2 Å². The summed E-state index contributed by atoms with van der Waals surface area (Å²) in [5.41, 5.74) is 26.1. The normalized spacial score (nSPS) is 46.9. The average Bonchev–Trinajstić information content (AvgIpc) is 2.96. The molecule has 0 radical (unpaired) electrons. The zero-order valence-corrected chi connectivity index (χ0v) is 21.4. The van der Waals surface area contributed by atoms with Crippen molar-refractivity contribution in [1.82, 2.24) is 0 Å². The molecule has 0 aromatic heterocycles. The number of hydrogen-bond acceptors (Lipinski definition) is 19. The van der Waals surface area contributed by atoms with Gasteiger partial charge in [-0.3, -0.25) is 4.79 Å². The van der Waals surface area contributed by atoms with Crippen molar-refractivity contribution in [2.75, 3.05) is 26.4 Å². The fraction of sp³-hybridized carbons (Fsp3) is 0.950. The van der Waals surface area contributed by atoms with E-state index in [9.17, 15) is 45.6 Å². The standard InChI is InChI=1S/C20H36N6O15/c21-8-11(31)14(5(2-27)36-17(8)35)38-18-9(22)12(32)15(6(3-28)37-18)39-19-10(23)13(33)16(34)20(4-29,41-19)40-7(30)1-25-26-24/h5-6,8-19,27-29,31-35H,1-4,21-23H2/t5-,6-,8-,9-,10-,11-,12-,13-,14?,15?,16+,17-,18+,19+,20+/m1/s1. The van der Waals surface area contributed by atoms with Crippen LogP contribution in [0.5, 0.6) is 0 Å². The lowest BCUT2D eigenvalue weighted by molar-refractivity contribution is -0.399. The number of rotatable bonds is 10. The number of azide groups is 1. The Labute approximate surface area is 231 Å².